The molecule has 1 aromatic carbocycles. The molecule has 0 unspecified atom stereocenters. The van der Waals surface area contributed by atoms with Crippen molar-refractivity contribution >= 4 is 39.2 Å². The molecule has 1 N–H and O–H groups in total. The SMILES string of the molecule is O=C(OCc1ccc(Cl)c(Cl)c1)c1ccc(S(=O)(=O)NC2CC2)o1. The standard InChI is InChI=1S/C15H13Cl2NO5S/c16-11-4-1-9(7-12(11)17)8-22-15(19)13-5-6-14(23-13)24(20,21)18-10-2-3-10/h1,4-7,10,18H,2-3,8H2. The Morgan fingerprint density at radius 3 is 2.62 bits per heavy atom. The maximum absolute atomic E-state index is 12.0. The number of rotatable bonds is 6. The molecule has 0 aliphatic heterocycles. The van der Waals surface area contributed by atoms with Crippen LogP contribution in [0.15, 0.2) is 39.8 Å². The fourth-order valence-electron chi connectivity index (χ4n) is 1.90. The molecule has 24 heavy (non-hydrogen) atoms. The van der Waals surface area contributed by atoms with Crippen LogP contribution >= 0.6 is 23.2 Å². The summed E-state index contributed by atoms with van der Waals surface area (Å²) >= 11 is 11.7. The number of hydrogen-bond acceptors (Lipinski definition) is 5. The van der Waals surface area contributed by atoms with Gasteiger partial charge in [-0.15, -0.1) is 0 Å². The Labute approximate surface area is 148 Å². The number of esters is 1. The summed E-state index contributed by atoms with van der Waals surface area (Å²) < 4.78 is 36.6. The molecule has 9 heteroatoms. The molecular weight excluding hydrogens is 377 g/mol. The predicted molar refractivity (Wildman–Crippen MR) is 87.6 cm³/mol. The Hall–Kier alpha value is -1.54. The van der Waals surface area contributed by atoms with Crippen molar-refractivity contribution in [3.05, 3.63) is 51.7 Å². The van der Waals surface area contributed by atoms with E-state index in [9.17, 15) is 13.2 Å². The first-order valence-electron chi connectivity index (χ1n) is 7.08. The average Bonchev–Trinajstić information content (AvgIpc) is 3.17. The van der Waals surface area contributed by atoms with Crippen LogP contribution in [-0.4, -0.2) is 20.4 Å². The van der Waals surface area contributed by atoms with Crippen LogP contribution in [0.4, 0.5) is 0 Å². The lowest BCUT2D eigenvalue weighted by molar-refractivity contribution is 0.0430. The highest BCUT2D eigenvalue weighted by molar-refractivity contribution is 7.89. The third-order valence-electron chi connectivity index (χ3n) is 3.30. The van der Waals surface area contributed by atoms with Gasteiger partial charge in [0.1, 0.15) is 6.61 Å². The van der Waals surface area contributed by atoms with Gasteiger partial charge >= 0.3 is 5.97 Å². The lowest BCUT2D eigenvalue weighted by atomic mass is 10.2. The van der Waals surface area contributed by atoms with Crippen molar-refractivity contribution in [2.75, 3.05) is 0 Å². The summed E-state index contributed by atoms with van der Waals surface area (Å²) in [6.07, 6.45) is 1.61. The zero-order valence-electron chi connectivity index (χ0n) is 12.3. The Bertz CT molecular complexity index is 874. The zero-order valence-corrected chi connectivity index (χ0v) is 14.6. The van der Waals surface area contributed by atoms with E-state index in [1.54, 1.807) is 18.2 Å². The van der Waals surface area contributed by atoms with E-state index in [4.69, 9.17) is 32.4 Å². The van der Waals surface area contributed by atoms with Gasteiger partial charge in [-0.1, -0.05) is 29.3 Å². The van der Waals surface area contributed by atoms with E-state index in [1.807, 2.05) is 0 Å². The minimum atomic E-state index is -3.74. The zero-order chi connectivity index (χ0) is 17.3. The van der Waals surface area contributed by atoms with Crippen molar-refractivity contribution in [3.8, 4) is 0 Å². The van der Waals surface area contributed by atoms with Crippen molar-refractivity contribution in [1.29, 1.82) is 0 Å². The molecule has 1 aliphatic rings. The minimum absolute atomic E-state index is 0.0428. The average molecular weight is 390 g/mol. The first-order valence-corrected chi connectivity index (χ1v) is 9.32. The Balaban J connectivity index is 1.64. The lowest BCUT2D eigenvalue weighted by Gasteiger charge is -2.05. The fraction of sp³-hybridized carbons (Fsp3) is 0.267. The Kier molecular flexibility index (Phi) is 4.87. The first-order chi connectivity index (χ1) is 11.3. The number of hydrogen-bond donors (Lipinski definition) is 1. The lowest BCUT2D eigenvalue weighted by Crippen LogP contribution is -2.25. The molecule has 6 nitrogen and oxygen atoms in total. The van der Waals surface area contributed by atoms with Crippen molar-refractivity contribution in [2.24, 2.45) is 0 Å². The van der Waals surface area contributed by atoms with Gasteiger partial charge in [0, 0.05) is 6.04 Å². The Morgan fingerprint density at radius 2 is 1.96 bits per heavy atom. The summed E-state index contributed by atoms with van der Waals surface area (Å²) in [5.41, 5.74) is 0.646. The molecule has 1 aromatic heterocycles. The van der Waals surface area contributed by atoms with Gasteiger partial charge in [-0.05, 0) is 42.7 Å². The predicted octanol–water partition coefficient (Wildman–Crippen LogP) is 3.38. The number of carbonyl (C=O) groups is 1. The summed E-state index contributed by atoms with van der Waals surface area (Å²) in [6.45, 7) is -0.0428. The smallest absolute Gasteiger partial charge is 0.374 e. The monoisotopic (exact) mass is 389 g/mol. The number of carbonyl (C=O) groups excluding carboxylic acids is 1. The van der Waals surface area contributed by atoms with Gasteiger partial charge < -0.3 is 9.15 Å². The van der Waals surface area contributed by atoms with Gasteiger partial charge in [0.15, 0.2) is 0 Å². The molecule has 3 rings (SSSR count). The van der Waals surface area contributed by atoms with E-state index in [0.29, 0.717) is 15.6 Å². The van der Waals surface area contributed by atoms with Gasteiger partial charge in [-0.25, -0.2) is 17.9 Å². The van der Waals surface area contributed by atoms with Gasteiger partial charge in [0.25, 0.3) is 10.0 Å². The second-order valence-corrected chi connectivity index (χ2v) is 7.80. The normalized spacial score (nSPS) is 14.6. The molecule has 0 saturated heterocycles. The Morgan fingerprint density at radius 1 is 1.21 bits per heavy atom. The van der Waals surface area contributed by atoms with Crippen molar-refractivity contribution in [2.45, 2.75) is 30.6 Å². The van der Waals surface area contributed by atoms with Gasteiger partial charge in [0.2, 0.25) is 10.9 Å². The van der Waals surface area contributed by atoms with Gasteiger partial charge in [-0.2, -0.15) is 0 Å². The highest BCUT2D eigenvalue weighted by Gasteiger charge is 2.30. The minimum Gasteiger partial charge on any atom is -0.455 e. The molecule has 0 amide bonds. The third-order valence-corrected chi connectivity index (χ3v) is 5.43. The van der Waals surface area contributed by atoms with E-state index in [0.717, 1.165) is 12.8 Å². The highest BCUT2D eigenvalue weighted by Crippen LogP contribution is 2.24. The molecule has 0 radical (unpaired) electrons. The van der Waals surface area contributed by atoms with Gasteiger partial charge in [-0.3, -0.25) is 0 Å². The highest BCUT2D eigenvalue weighted by atomic mass is 35.5. The number of nitrogens with one attached hydrogen (secondary N) is 1. The van der Waals surface area contributed by atoms with E-state index in [-0.39, 0.29) is 23.5 Å². The van der Waals surface area contributed by atoms with Crippen molar-refractivity contribution < 1.29 is 22.4 Å². The van der Waals surface area contributed by atoms with Crippen molar-refractivity contribution in [3.63, 3.8) is 0 Å². The van der Waals surface area contributed by atoms with Crippen LogP contribution < -0.4 is 4.72 Å². The van der Waals surface area contributed by atoms with E-state index >= 15 is 0 Å². The maximum atomic E-state index is 12.0. The second-order valence-electron chi connectivity index (χ2n) is 5.34. The quantitative estimate of drug-likeness (QED) is 0.765. The molecule has 1 saturated carbocycles. The van der Waals surface area contributed by atoms with E-state index in [2.05, 4.69) is 4.72 Å². The second kappa shape index (κ2) is 6.76. The van der Waals surface area contributed by atoms with Crippen LogP contribution in [0.25, 0.3) is 0 Å². The topological polar surface area (TPSA) is 85.6 Å². The molecular formula is C15H13Cl2NO5S. The largest absolute Gasteiger partial charge is 0.455 e. The van der Waals surface area contributed by atoms with Crippen LogP contribution in [0.1, 0.15) is 29.0 Å². The fourth-order valence-corrected chi connectivity index (χ4v) is 3.46. The third kappa shape index (κ3) is 4.10. The number of halogens is 2. The number of furan rings is 1. The number of benzene rings is 1. The van der Waals surface area contributed by atoms with E-state index < -0.39 is 16.0 Å². The number of sulfonamides is 1. The summed E-state index contributed by atoms with van der Waals surface area (Å²) in [7, 11) is -3.74. The van der Waals surface area contributed by atoms with Crippen molar-refractivity contribution in [1.82, 2.24) is 4.72 Å². The molecule has 0 spiro atoms. The molecule has 0 bridgehead atoms. The van der Waals surface area contributed by atoms with Crippen LogP contribution in [0.2, 0.25) is 10.0 Å². The van der Waals surface area contributed by atoms with Crippen LogP contribution in [0.3, 0.4) is 0 Å². The summed E-state index contributed by atoms with van der Waals surface area (Å²) in [6, 6.07) is 7.27. The van der Waals surface area contributed by atoms with Crippen LogP contribution in [0.5, 0.6) is 0 Å². The molecule has 1 fully saturated rings. The van der Waals surface area contributed by atoms with Gasteiger partial charge in [0.05, 0.1) is 10.0 Å². The summed E-state index contributed by atoms with van der Waals surface area (Å²) in [5.74, 6) is -0.958. The maximum Gasteiger partial charge on any atom is 0.374 e. The van der Waals surface area contributed by atoms with Crippen LogP contribution in [0, 0.1) is 0 Å². The molecule has 128 valence electrons. The molecule has 0 atom stereocenters. The summed E-state index contributed by atoms with van der Waals surface area (Å²) in [5, 5.41) is 0.439. The van der Waals surface area contributed by atoms with E-state index in [1.165, 1.54) is 12.1 Å². The first kappa shape index (κ1) is 17.3. The number of ether oxygens (including phenoxy) is 1. The molecule has 1 aliphatic carbocycles. The molecule has 2 aromatic rings. The van der Waals surface area contributed by atoms with Crippen LogP contribution in [-0.2, 0) is 21.4 Å². The summed E-state index contributed by atoms with van der Waals surface area (Å²) in [4.78, 5) is 12.0. The molecule has 1 heterocycles.